The van der Waals surface area contributed by atoms with E-state index in [1.54, 1.807) is 3.11 Å². The van der Waals surface area contributed by atoms with Crippen LogP contribution in [0.5, 0.6) is 0 Å². The second-order valence-electron chi connectivity index (χ2n) is 2.77. The molecule has 2 saturated heterocycles. The lowest BCUT2D eigenvalue weighted by molar-refractivity contribution is -0.135. The second kappa shape index (κ2) is 2.27. The molecule has 1 spiro atoms. The summed E-state index contributed by atoms with van der Waals surface area (Å²) in [7, 11) is 0. The first-order valence-electron chi connectivity index (χ1n) is 3.36. The van der Waals surface area contributed by atoms with Crippen LogP contribution < -0.4 is 0 Å². The van der Waals surface area contributed by atoms with Gasteiger partial charge in [-0.25, -0.2) is 0 Å². The highest BCUT2D eigenvalue weighted by molar-refractivity contribution is 14.1. The maximum Gasteiger partial charge on any atom is 0.249 e. The number of hydrogen-bond acceptors (Lipinski definition) is 2. The van der Waals surface area contributed by atoms with Gasteiger partial charge in [-0.05, 0) is 18.6 Å². The van der Waals surface area contributed by atoms with Crippen molar-refractivity contribution in [3.63, 3.8) is 0 Å². The average Bonchev–Trinajstić information content (AvgIpc) is 2.38. The molecule has 0 bridgehead atoms. The number of halogens is 1. The fourth-order valence-electron chi connectivity index (χ4n) is 1.48. The monoisotopic (exact) mass is 269 g/mol. The third-order valence-electron chi connectivity index (χ3n) is 2.11. The quantitative estimate of drug-likeness (QED) is 0.377. The van der Waals surface area contributed by atoms with Crippen LogP contribution in [0, 0.1) is 0 Å². The van der Waals surface area contributed by atoms with Gasteiger partial charge in [-0.1, -0.05) is 0 Å². The van der Waals surface area contributed by atoms with E-state index in [-0.39, 0.29) is 4.75 Å². The minimum absolute atomic E-state index is 0.0428. The second-order valence-corrected chi connectivity index (χ2v) is 5.41. The van der Waals surface area contributed by atoms with Crippen LogP contribution in [-0.4, -0.2) is 26.1 Å². The molecule has 0 saturated carbocycles. The van der Waals surface area contributed by atoms with Gasteiger partial charge in [-0.3, -0.25) is 7.91 Å². The van der Waals surface area contributed by atoms with Gasteiger partial charge < -0.3 is 0 Å². The van der Waals surface area contributed by atoms with Crippen molar-refractivity contribution in [2.45, 2.75) is 17.6 Å². The zero-order valence-electron chi connectivity index (χ0n) is 5.47. The van der Waals surface area contributed by atoms with Crippen molar-refractivity contribution in [1.29, 1.82) is 0 Å². The maximum atomic E-state index is 11.3. The molecule has 0 aliphatic carbocycles. The van der Waals surface area contributed by atoms with Crippen molar-refractivity contribution in [1.82, 2.24) is 3.11 Å². The lowest BCUT2D eigenvalue weighted by Crippen LogP contribution is -2.58. The Kier molecular flexibility index (Phi) is 1.63. The van der Waals surface area contributed by atoms with Gasteiger partial charge in [0.15, 0.2) is 0 Å². The third-order valence-corrected chi connectivity index (χ3v) is 4.44. The van der Waals surface area contributed by atoms with Crippen molar-refractivity contribution in [3.8, 4) is 0 Å². The van der Waals surface area contributed by atoms with Gasteiger partial charge in [0.05, 0.1) is 29.4 Å². The molecule has 2 fully saturated rings. The summed E-state index contributed by atoms with van der Waals surface area (Å²) in [5.74, 6) is 1.52. The number of hydrogen-bond donors (Lipinski definition) is 0. The van der Waals surface area contributed by atoms with Crippen LogP contribution in [0.15, 0.2) is 0 Å². The maximum absolute atomic E-state index is 11.3. The lowest BCUT2D eigenvalue weighted by Gasteiger charge is -2.41. The summed E-state index contributed by atoms with van der Waals surface area (Å²) in [5, 5.41) is 0. The molecule has 10 heavy (non-hydrogen) atoms. The number of thioether (sulfide) groups is 1. The van der Waals surface area contributed by atoms with Gasteiger partial charge in [0.25, 0.3) is 0 Å². The highest BCUT2D eigenvalue weighted by atomic mass is 127. The Morgan fingerprint density at radius 2 is 2.50 bits per heavy atom. The van der Waals surface area contributed by atoms with Crippen molar-refractivity contribution in [2.24, 2.45) is 0 Å². The summed E-state index contributed by atoms with van der Waals surface area (Å²) in [4.78, 5) is 11.3. The number of rotatable bonds is 0. The molecule has 1 atom stereocenters. The van der Waals surface area contributed by atoms with Gasteiger partial charge in [0.2, 0.25) is 5.91 Å². The molecule has 56 valence electrons. The number of amides is 1. The van der Waals surface area contributed by atoms with E-state index in [1.807, 2.05) is 11.8 Å². The molecule has 0 radical (unpaired) electrons. The Hall–Kier alpha value is 0.550. The van der Waals surface area contributed by atoms with Gasteiger partial charge in [-0.15, -0.1) is 11.8 Å². The number of carbonyl (C=O) groups excluding carboxylic acids is 1. The molecular formula is C6H8INOS. The highest BCUT2D eigenvalue weighted by Gasteiger charge is 2.53. The van der Waals surface area contributed by atoms with Crippen LogP contribution in [0.4, 0.5) is 0 Å². The molecule has 0 aromatic carbocycles. The highest BCUT2D eigenvalue weighted by Crippen LogP contribution is 2.47. The Bertz CT molecular complexity index is 179. The van der Waals surface area contributed by atoms with E-state index < -0.39 is 0 Å². The molecule has 4 heteroatoms. The van der Waals surface area contributed by atoms with Gasteiger partial charge >= 0.3 is 0 Å². The van der Waals surface area contributed by atoms with Crippen LogP contribution in [-0.2, 0) is 4.79 Å². The summed E-state index contributed by atoms with van der Waals surface area (Å²) in [6.45, 7) is 0.969. The van der Waals surface area contributed by atoms with E-state index >= 15 is 0 Å². The first kappa shape index (κ1) is 7.21. The molecule has 2 nitrogen and oxygen atoms in total. The molecule has 1 unspecified atom stereocenters. The molecule has 1 amide bonds. The van der Waals surface area contributed by atoms with Crippen molar-refractivity contribution in [2.75, 3.05) is 12.3 Å². The van der Waals surface area contributed by atoms with Crippen LogP contribution in [0.2, 0.25) is 0 Å². The van der Waals surface area contributed by atoms with Crippen LogP contribution >= 0.6 is 34.6 Å². The SMILES string of the molecule is O=C1N(I)CC12CCCS2. The van der Waals surface area contributed by atoms with Gasteiger partial charge in [-0.2, -0.15) is 0 Å². The van der Waals surface area contributed by atoms with Crippen molar-refractivity contribution in [3.05, 3.63) is 0 Å². The van der Waals surface area contributed by atoms with Crippen molar-refractivity contribution < 1.29 is 4.79 Å². The summed E-state index contributed by atoms with van der Waals surface area (Å²) in [6, 6.07) is 0. The minimum Gasteiger partial charge on any atom is -0.282 e. The Labute approximate surface area is 78.2 Å². The molecule has 0 N–H and O–H groups in total. The smallest absolute Gasteiger partial charge is 0.249 e. The minimum atomic E-state index is 0.0428. The summed E-state index contributed by atoms with van der Waals surface area (Å²) >= 11 is 3.94. The molecule has 2 aliphatic rings. The lowest BCUT2D eigenvalue weighted by atomic mass is 9.96. The zero-order valence-corrected chi connectivity index (χ0v) is 8.44. The first-order chi connectivity index (χ1) is 4.75. The third kappa shape index (κ3) is 0.809. The van der Waals surface area contributed by atoms with Gasteiger partial charge in [0.1, 0.15) is 4.75 Å². The van der Waals surface area contributed by atoms with Gasteiger partial charge in [0, 0.05) is 0 Å². The average molecular weight is 269 g/mol. The molecule has 2 rings (SSSR count). The molecule has 2 heterocycles. The predicted octanol–water partition coefficient (Wildman–Crippen LogP) is 1.44. The number of carbonyl (C=O) groups is 1. The summed E-state index contributed by atoms with van der Waals surface area (Å²) in [5.41, 5.74) is 0. The zero-order chi connectivity index (χ0) is 7.19. The topological polar surface area (TPSA) is 20.3 Å². The Morgan fingerprint density at radius 3 is 2.90 bits per heavy atom. The number of β-lactam (4-membered cyclic amide) rings is 1. The Balaban J connectivity index is 2.12. The first-order valence-corrected chi connectivity index (χ1v) is 5.31. The molecule has 2 aliphatic heterocycles. The Morgan fingerprint density at radius 1 is 1.70 bits per heavy atom. The van der Waals surface area contributed by atoms with E-state index in [4.69, 9.17) is 0 Å². The van der Waals surface area contributed by atoms with Crippen LogP contribution in [0.3, 0.4) is 0 Å². The normalized spacial score (nSPS) is 38.9. The predicted molar refractivity (Wildman–Crippen MR) is 50.2 cm³/mol. The van der Waals surface area contributed by atoms with E-state index in [1.165, 1.54) is 12.2 Å². The van der Waals surface area contributed by atoms with E-state index in [0.29, 0.717) is 5.91 Å². The van der Waals surface area contributed by atoms with Crippen LogP contribution in [0.25, 0.3) is 0 Å². The largest absolute Gasteiger partial charge is 0.282 e. The van der Waals surface area contributed by atoms with Crippen molar-refractivity contribution >= 4 is 40.5 Å². The fourth-order valence-corrected chi connectivity index (χ4v) is 4.35. The van der Waals surface area contributed by atoms with Crippen LogP contribution in [0.1, 0.15) is 12.8 Å². The summed E-state index contributed by atoms with van der Waals surface area (Å²) < 4.78 is 1.83. The molecular weight excluding hydrogens is 261 g/mol. The number of nitrogens with zero attached hydrogens (tertiary/aromatic N) is 1. The van der Waals surface area contributed by atoms with E-state index in [2.05, 4.69) is 22.9 Å². The molecule has 0 aromatic heterocycles. The van der Waals surface area contributed by atoms with E-state index in [0.717, 1.165) is 13.0 Å². The fraction of sp³-hybridized carbons (Fsp3) is 0.833. The summed E-state index contributed by atoms with van der Waals surface area (Å²) in [6.07, 6.45) is 2.33. The molecule has 0 aromatic rings. The van der Waals surface area contributed by atoms with E-state index in [9.17, 15) is 4.79 Å². The standard InChI is InChI=1S/C6H8INOS/c7-8-4-6(5(8)9)2-1-3-10-6/h1-4H2.